The third-order valence-corrected chi connectivity index (χ3v) is 3.23. The molecule has 88 valence electrons. The Kier molecular flexibility index (Phi) is 3.61. The van der Waals surface area contributed by atoms with Gasteiger partial charge in [-0.15, -0.1) is 0 Å². The van der Waals surface area contributed by atoms with E-state index in [-0.39, 0.29) is 11.3 Å². The molecule has 1 unspecified atom stereocenters. The van der Waals surface area contributed by atoms with Crippen LogP contribution in [-0.2, 0) is 0 Å². The molecule has 1 aromatic heterocycles. The smallest absolute Gasteiger partial charge is 0.164 e. The van der Waals surface area contributed by atoms with Gasteiger partial charge in [0.2, 0.25) is 0 Å². The Bertz CT molecular complexity index is 372. The molecule has 1 fully saturated rings. The van der Waals surface area contributed by atoms with Gasteiger partial charge in [-0.25, -0.2) is 9.37 Å². The lowest BCUT2D eigenvalue weighted by Gasteiger charge is -2.37. The molecule has 1 aliphatic rings. The van der Waals surface area contributed by atoms with Gasteiger partial charge >= 0.3 is 0 Å². The van der Waals surface area contributed by atoms with Gasteiger partial charge in [0.25, 0.3) is 0 Å². The summed E-state index contributed by atoms with van der Waals surface area (Å²) in [6.07, 6.45) is 5.28. The predicted molar refractivity (Wildman–Crippen MR) is 63.2 cm³/mol. The fourth-order valence-electron chi connectivity index (χ4n) is 2.11. The number of anilines is 1. The van der Waals surface area contributed by atoms with Crippen LogP contribution in [0, 0.1) is 5.82 Å². The van der Waals surface area contributed by atoms with E-state index >= 15 is 0 Å². The van der Waals surface area contributed by atoms with Gasteiger partial charge in [0.1, 0.15) is 0 Å². The lowest BCUT2D eigenvalue weighted by atomic mass is 10.1. The maximum absolute atomic E-state index is 13.3. The molecule has 1 aliphatic heterocycles. The van der Waals surface area contributed by atoms with Crippen LogP contribution in [0.5, 0.6) is 0 Å². The Morgan fingerprint density at radius 2 is 2.38 bits per heavy atom. The van der Waals surface area contributed by atoms with Crippen molar-refractivity contribution in [1.29, 1.82) is 0 Å². The number of nitrogens with zero attached hydrogens (tertiary/aromatic N) is 2. The first-order valence-electron chi connectivity index (χ1n) is 5.47. The van der Waals surface area contributed by atoms with Crippen LogP contribution in [0.1, 0.15) is 19.3 Å². The van der Waals surface area contributed by atoms with Crippen molar-refractivity contribution in [1.82, 2.24) is 10.3 Å². The number of rotatable bonds is 2. The highest BCUT2D eigenvalue weighted by Crippen LogP contribution is 2.25. The minimum absolute atomic E-state index is 0.0678. The second-order valence-electron chi connectivity index (χ2n) is 3.96. The van der Waals surface area contributed by atoms with Crippen LogP contribution in [0.25, 0.3) is 0 Å². The van der Waals surface area contributed by atoms with Crippen LogP contribution in [0.4, 0.5) is 10.1 Å². The predicted octanol–water partition coefficient (Wildman–Crippen LogP) is 2.41. The van der Waals surface area contributed by atoms with Crippen LogP contribution in [0.15, 0.2) is 12.3 Å². The number of aromatic nitrogens is 1. The summed E-state index contributed by atoms with van der Waals surface area (Å²) in [4.78, 5) is 5.98. The summed E-state index contributed by atoms with van der Waals surface area (Å²) in [7, 11) is 1.92. The maximum Gasteiger partial charge on any atom is 0.164 e. The molecule has 1 aromatic rings. The van der Waals surface area contributed by atoms with Crippen molar-refractivity contribution in [2.45, 2.75) is 25.4 Å². The first kappa shape index (κ1) is 11.6. The quantitative estimate of drug-likeness (QED) is 0.809. The van der Waals surface area contributed by atoms with Crippen molar-refractivity contribution in [3.05, 3.63) is 23.2 Å². The Balaban J connectivity index is 2.23. The van der Waals surface area contributed by atoms with E-state index in [9.17, 15) is 4.39 Å². The van der Waals surface area contributed by atoms with Crippen LogP contribution in [-0.4, -0.2) is 24.7 Å². The van der Waals surface area contributed by atoms with E-state index in [4.69, 9.17) is 11.6 Å². The van der Waals surface area contributed by atoms with Crippen LogP contribution >= 0.6 is 11.6 Å². The largest absolute Gasteiger partial charge is 0.355 e. The van der Waals surface area contributed by atoms with Gasteiger partial charge in [-0.3, -0.25) is 0 Å². The lowest BCUT2D eigenvalue weighted by molar-refractivity contribution is 0.417. The van der Waals surface area contributed by atoms with Crippen molar-refractivity contribution in [3.63, 3.8) is 0 Å². The zero-order valence-corrected chi connectivity index (χ0v) is 9.97. The number of pyridine rings is 1. The Labute approximate surface area is 99.6 Å². The highest BCUT2D eigenvalue weighted by molar-refractivity contribution is 6.29. The molecule has 2 heterocycles. The van der Waals surface area contributed by atoms with Crippen molar-refractivity contribution in [2.24, 2.45) is 0 Å². The zero-order chi connectivity index (χ0) is 11.5. The standard InChI is InChI=1S/C11H15ClFN3/c1-14-10-4-2-3-5-16(10)8-6-9(13)11(12)15-7-8/h6-7,10,14H,2-5H2,1H3. The molecule has 1 atom stereocenters. The monoisotopic (exact) mass is 243 g/mol. The van der Waals surface area contributed by atoms with E-state index in [2.05, 4.69) is 15.2 Å². The third kappa shape index (κ3) is 2.28. The van der Waals surface area contributed by atoms with Gasteiger partial charge < -0.3 is 10.2 Å². The molecule has 1 saturated heterocycles. The van der Waals surface area contributed by atoms with Crippen molar-refractivity contribution in [3.8, 4) is 0 Å². The summed E-state index contributed by atoms with van der Waals surface area (Å²) >= 11 is 5.57. The topological polar surface area (TPSA) is 28.2 Å². The molecule has 5 heteroatoms. The maximum atomic E-state index is 13.3. The van der Waals surface area contributed by atoms with Gasteiger partial charge in [0.05, 0.1) is 18.1 Å². The molecular formula is C11H15ClFN3. The molecule has 0 aromatic carbocycles. The van der Waals surface area contributed by atoms with Gasteiger partial charge in [0, 0.05) is 12.6 Å². The number of hydrogen-bond acceptors (Lipinski definition) is 3. The van der Waals surface area contributed by atoms with E-state index in [1.165, 1.54) is 12.5 Å². The molecule has 0 aliphatic carbocycles. The number of piperidine rings is 1. The number of halogens is 2. The van der Waals surface area contributed by atoms with Crippen molar-refractivity contribution >= 4 is 17.3 Å². The minimum Gasteiger partial charge on any atom is -0.355 e. The Morgan fingerprint density at radius 1 is 1.56 bits per heavy atom. The van der Waals surface area contributed by atoms with Gasteiger partial charge in [-0.1, -0.05) is 11.6 Å². The van der Waals surface area contributed by atoms with Crippen LogP contribution in [0.3, 0.4) is 0 Å². The van der Waals surface area contributed by atoms with Gasteiger partial charge in [-0.05, 0) is 26.3 Å². The second kappa shape index (κ2) is 4.97. The van der Waals surface area contributed by atoms with Crippen LogP contribution < -0.4 is 10.2 Å². The summed E-state index contributed by atoms with van der Waals surface area (Å²) in [5, 5.41) is 3.16. The fraction of sp³-hybridized carbons (Fsp3) is 0.545. The normalized spacial score (nSPS) is 21.2. The summed E-state index contributed by atoms with van der Waals surface area (Å²) in [6, 6.07) is 1.45. The Morgan fingerprint density at radius 3 is 3.06 bits per heavy atom. The summed E-state index contributed by atoms with van der Waals surface area (Å²) in [5.41, 5.74) is 0.793. The first-order valence-corrected chi connectivity index (χ1v) is 5.85. The van der Waals surface area contributed by atoms with Gasteiger partial charge in [-0.2, -0.15) is 0 Å². The Hall–Kier alpha value is -0.870. The molecule has 1 N–H and O–H groups in total. The lowest BCUT2D eigenvalue weighted by Crippen LogP contribution is -2.47. The van der Waals surface area contributed by atoms with E-state index in [0.717, 1.165) is 25.1 Å². The van der Waals surface area contributed by atoms with Gasteiger partial charge in [0.15, 0.2) is 11.0 Å². The zero-order valence-electron chi connectivity index (χ0n) is 9.21. The average Bonchev–Trinajstić information content (AvgIpc) is 2.32. The number of hydrogen-bond donors (Lipinski definition) is 1. The molecule has 0 spiro atoms. The second-order valence-corrected chi connectivity index (χ2v) is 4.32. The summed E-state index contributed by atoms with van der Waals surface area (Å²) in [6.45, 7) is 0.925. The molecule has 0 saturated carbocycles. The van der Waals surface area contributed by atoms with Crippen LogP contribution in [0.2, 0.25) is 5.15 Å². The summed E-state index contributed by atoms with van der Waals surface area (Å²) < 4.78 is 13.3. The highest BCUT2D eigenvalue weighted by Gasteiger charge is 2.21. The first-order chi connectivity index (χ1) is 7.72. The van der Waals surface area contributed by atoms with Crippen molar-refractivity contribution < 1.29 is 4.39 Å². The molecular weight excluding hydrogens is 229 g/mol. The molecule has 2 rings (SSSR count). The van der Waals surface area contributed by atoms with E-state index in [0.29, 0.717) is 0 Å². The molecule has 0 bridgehead atoms. The van der Waals surface area contributed by atoms with Crippen molar-refractivity contribution in [2.75, 3.05) is 18.5 Å². The molecule has 0 radical (unpaired) electrons. The molecule has 0 amide bonds. The summed E-state index contributed by atoms with van der Waals surface area (Å²) in [5.74, 6) is -0.459. The average molecular weight is 244 g/mol. The molecule has 16 heavy (non-hydrogen) atoms. The van der Waals surface area contributed by atoms with E-state index < -0.39 is 5.82 Å². The fourth-order valence-corrected chi connectivity index (χ4v) is 2.21. The minimum atomic E-state index is -0.459. The third-order valence-electron chi connectivity index (χ3n) is 2.95. The molecule has 3 nitrogen and oxygen atoms in total. The highest BCUT2D eigenvalue weighted by atomic mass is 35.5. The SMILES string of the molecule is CNC1CCCCN1c1cnc(Cl)c(F)c1. The van der Waals surface area contributed by atoms with E-state index in [1.807, 2.05) is 7.05 Å². The van der Waals surface area contributed by atoms with E-state index in [1.54, 1.807) is 6.20 Å². The number of nitrogens with one attached hydrogen (secondary N) is 1.